The van der Waals surface area contributed by atoms with Crippen molar-refractivity contribution in [1.82, 2.24) is 25.4 Å². The first-order chi connectivity index (χ1) is 19.7. The third-order valence-corrected chi connectivity index (χ3v) is 7.83. The molecular formula is C28H33F6N5O3. The van der Waals surface area contributed by atoms with E-state index in [1.165, 1.54) is 17.8 Å². The lowest BCUT2D eigenvalue weighted by Crippen LogP contribution is -2.61. The number of aliphatic hydroxyl groups excluding tert-OH is 1. The third-order valence-electron chi connectivity index (χ3n) is 7.83. The zero-order chi connectivity index (χ0) is 30.8. The van der Waals surface area contributed by atoms with Gasteiger partial charge in [0.25, 0.3) is 0 Å². The van der Waals surface area contributed by atoms with Crippen molar-refractivity contribution in [2.24, 2.45) is 0 Å². The van der Waals surface area contributed by atoms with Crippen LogP contribution in [0.4, 0.5) is 26.3 Å². The van der Waals surface area contributed by atoms with E-state index in [1.54, 1.807) is 0 Å². The summed E-state index contributed by atoms with van der Waals surface area (Å²) in [5.41, 5.74) is -4.54. The van der Waals surface area contributed by atoms with Gasteiger partial charge >= 0.3 is 18.0 Å². The summed E-state index contributed by atoms with van der Waals surface area (Å²) < 4.78 is 88.1. The molecule has 1 fully saturated rings. The predicted molar refractivity (Wildman–Crippen MR) is 141 cm³/mol. The summed E-state index contributed by atoms with van der Waals surface area (Å²) in [6, 6.07) is 10.5. The number of aromatic nitrogens is 3. The lowest BCUT2D eigenvalue weighted by Gasteiger charge is -2.48. The van der Waals surface area contributed by atoms with Crippen molar-refractivity contribution in [1.29, 1.82) is 0 Å². The van der Waals surface area contributed by atoms with E-state index >= 15 is 0 Å². The Bertz CT molecular complexity index is 1350. The smallest absolute Gasteiger partial charge is 0.379 e. The highest BCUT2D eigenvalue weighted by molar-refractivity contribution is 5.35. The molecule has 0 saturated carbocycles. The Kier molecular flexibility index (Phi) is 9.21. The summed E-state index contributed by atoms with van der Waals surface area (Å²) in [5, 5.41) is 23.2. The van der Waals surface area contributed by atoms with Crippen molar-refractivity contribution in [2.75, 3.05) is 19.7 Å². The Morgan fingerprint density at radius 1 is 1.07 bits per heavy atom. The normalized spacial score (nSPS) is 23.1. The number of rotatable bonds is 10. The zero-order valence-corrected chi connectivity index (χ0v) is 23.0. The van der Waals surface area contributed by atoms with E-state index in [-0.39, 0.29) is 31.2 Å². The molecular weight excluding hydrogens is 568 g/mol. The second-order valence-corrected chi connectivity index (χ2v) is 10.6. The average Bonchev–Trinajstić information content (AvgIpc) is 3.38. The van der Waals surface area contributed by atoms with Crippen LogP contribution >= 0.6 is 0 Å². The number of aliphatic hydroxyl groups is 1. The lowest BCUT2D eigenvalue weighted by atomic mass is 9.74. The molecule has 0 aliphatic carbocycles. The van der Waals surface area contributed by atoms with Crippen LogP contribution in [0.1, 0.15) is 61.5 Å². The number of aromatic amines is 1. The second kappa shape index (κ2) is 12.2. The van der Waals surface area contributed by atoms with E-state index in [1.807, 2.05) is 37.3 Å². The van der Waals surface area contributed by atoms with Crippen molar-refractivity contribution >= 4 is 0 Å². The van der Waals surface area contributed by atoms with Crippen LogP contribution in [-0.4, -0.2) is 45.8 Å². The largest absolute Gasteiger partial charge is 0.416 e. The fraction of sp³-hybridized carbons (Fsp3) is 0.500. The van der Waals surface area contributed by atoms with Gasteiger partial charge in [0.15, 0.2) is 0 Å². The lowest BCUT2D eigenvalue weighted by molar-refractivity contribution is -0.143. The number of alkyl halides is 6. The first kappa shape index (κ1) is 31.7. The topological polar surface area (TPSA) is 104 Å². The molecule has 1 aliphatic heterocycles. The zero-order valence-electron chi connectivity index (χ0n) is 23.0. The summed E-state index contributed by atoms with van der Waals surface area (Å²) in [6.07, 6.45) is -9.73. The first-order valence-electron chi connectivity index (χ1n) is 13.4. The van der Waals surface area contributed by atoms with Crippen molar-refractivity contribution in [3.05, 3.63) is 87.6 Å². The van der Waals surface area contributed by atoms with E-state index in [0.717, 1.165) is 5.56 Å². The Morgan fingerprint density at radius 2 is 1.71 bits per heavy atom. The highest BCUT2D eigenvalue weighted by atomic mass is 19.4. The molecule has 8 nitrogen and oxygen atoms in total. The number of H-pyrrole nitrogens is 1. The van der Waals surface area contributed by atoms with E-state index in [2.05, 4.69) is 20.8 Å². The standard InChI is InChI=1S/C28H33F6N5O3/c1-3-35-23(40)14-25(39-17-37-38-24(39)41)9-10-26(36-15-25,20-7-5-4-6-8-20)16-42-18(2)19-11-21(27(29,30)31)13-22(12-19)28(32,33)34/h4-8,11-13,17-18,23,35-36,40H,3,9-10,14-16H2,1-2H3,(H,38,41)/t18-,23?,25-,26-/m1/s1. The van der Waals surface area contributed by atoms with Gasteiger partial charge in [-0.15, -0.1) is 0 Å². The number of benzene rings is 2. The van der Waals surface area contributed by atoms with Gasteiger partial charge in [0.05, 0.1) is 34.9 Å². The maximum Gasteiger partial charge on any atom is 0.416 e. The summed E-state index contributed by atoms with van der Waals surface area (Å²) in [7, 11) is 0. The van der Waals surface area contributed by atoms with Crippen molar-refractivity contribution in [2.45, 2.75) is 68.9 Å². The molecule has 0 spiro atoms. The predicted octanol–water partition coefficient (Wildman–Crippen LogP) is 4.68. The molecule has 0 amide bonds. The summed E-state index contributed by atoms with van der Waals surface area (Å²) >= 11 is 0. The molecule has 4 rings (SSSR count). The molecule has 0 bridgehead atoms. The minimum Gasteiger partial charge on any atom is -0.379 e. The molecule has 4 atom stereocenters. The molecule has 3 aromatic rings. The van der Waals surface area contributed by atoms with Crippen LogP contribution < -0.4 is 16.3 Å². The van der Waals surface area contributed by atoms with Gasteiger partial charge in [-0.3, -0.25) is 9.88 Å². The molecule has 2 aromatic carbocycles. The summed E-state index contributed by atoms with van der Waals surface area (Å²) in [6.45, 7) is 3.82. The van der Waals surface area contributed by atoms with E-state index < -0.39 is 52.6 Å². The number of halogens is 6. The number of nitrogens with one attached hydrogen (secondary N) is 3. The highest BCUT2D eigenvalue weighted by Gasteiger charge is 2.47. The molecule has 0 radical (unpaired) electrons. The molecule has 230 valence electrons. The summed E-state index contributed by atoms with van der Waals surface area (Å²) in [5.74, 6) is 0. The monoisotopic (exact) mass is 601 g/mol. The van der Waals surface area contributed by atoms with Crippen LogP contribution in [0.5, 0.6) is 0 Å². The number of nitrogens with zero attached hydrogens (tertiary/aromatic N) is 2. The minimum atomic E-state index is -4.97. The Hall–Kier alpha value is -3.20. The van der Waals surface area contributed by atoms with E-state index in [9.17, 15) is 36.2 Å². The minimum absolute atomic E-state index is 0.0869. The quantitative estimate of drug-likeness (QED) is 0.199. The van der Waals surface area contributed by atoms with Gasteiger partial charge in [0.1, 0.15) is 12.6 Å². The fourth-order valence-electron chi connectivity index (χ4n) is 5.48. The van der Waals surface area contributed by atoms with Gasteiger partial charge in [-0.2, -0.15) is 31.4 Å². The van der Waals surface area contributed by atoms with Gasteiger partial charge in [-0.1, -0.05) is 37.3 Å². The molecule has 1 unspecified atom stereocenters. The molecule has 14 heteroatoms. The molecule has 1 saturated heterocycles. The number of ether oxygens (including phenoxy) is 1. The number of hydrogen-bond donors (Lipinski definition) is 4. The van der Waals surface area contributed by atoms with Crippen LogP contribution in [0.3, 0.4) is 0 Å². The van der Waals surface area contributed by atoms with Crippen molar-refractivity contribution in [3.63, 3.8) is 0 Å². The number of piperidine rings is 1. The SMILES string of the molecule is CCNC(O)C[C@]1(n2cn[nH]c2=O)CC[C@@](CO[C@H](C)c2cc(C(F)(F)F)cc(C(F)(F)F)c2)(c2ccccc2)NC1. The van der Waals surface area contributed by atoms with Crippen LogP contribution in [0.25, 0.3) is 0 Å². The number of hydrogen-bond acceptors (Lipinski definition) is 6. The molecule has 1 aromatic heterocycles. The highest BCUT2D eigenvalue weighted by Crippen LogP contribution is 2.41. The maximum absolute atomic E-state index is 13.4. The maximum atomic E-state index is 13.4. The van der Waals surface area contributed by atoms with E-state index in [0.29, 0.717) is 31.5 Å². The molecule has 4 N–H and O–H groups in total. The molecule has 2 heterocycles. The van der Waals surface area contributed by atoms with Crippen LogP contribution in [0.15, 0.2) is 59.7 Å². The second-order valence-electron chi connectivity index (χ2n) is 10.6. The van der Waals surface area contributed by atoms with Crippen LogP contribution in [0.2, 0.25) is 0 Å². The van der Waals surface area contributed by atoms with Gasteiger partial charge in [0, 0.05) is 13.0 Å². The Labute approximate surface area is 238 Å². The Balaban J connectivity index is 1.64. The van der Waals surface area contributed by atoms with Gasteiger partial charge < -0.3 is 15.2 Å². The van der Waals surface area contributed by atoms with Gasteiger partial charge in [0.2, 0.25) is 0 Å². The van der Waals surface area contributed by atoms with Crippen LogP contribution in [-0.2, 0) is 28.2 Å². The van der Waals surface area contributed by atoms with Crippen molar-refractivity contribution in [3.8, 4) is 0 Å². The van der Waals surface area contributed by atoms with Crippen LogP contribution in [0, 0.1) is 0 Å². The average molecular weight is 602 g/mol. The van der Waals surface area contributed by atoms with Crippen molar-refractivity contribution < 1.29 is 36.2 Å². The molecule has 42 heavy (non-hydrogen) atoms. The van der Waals surface area contributed by atoms with E-state index in [4.69, 9.17) is 4.74 Å². The Morgan fingerprint density at radius 3 is 2.21 bits per heavy atom. The van der Waals surface area contributed by atoms with Gasteiger partial charge in [-0.25, -0.2) is 9.89 Å². The molecule has 1 aliphatic rings. The first-order valence-corrected chi connectivity index (χ1v) is 13.4. The fourth-order valence-corrected chi connectivity index (χ4v) is 5.48. The third kappa shape index (κ3) is 6.88. The summed E-state index contributed by atoms with van der Waals surface area (Å²) in [4.78, 5) is 12.6. The van der Waals surface area contributed by atoms with Gasteiger partial charge in [-0.05, 0) is 55.6 Å².